The molecule has 0 aliphatic rings. The van der Waals surface area contributed by atoms with E-state index in [9.17, 15) is 0 Å². The zero-order chi connectivity index (χ0) is 31.1. The highest BCUT2D eigenvalue weighted by Gasteiger charge is 2.42. The molecule has 0 amide bonds. The third-order valence-corrected chi connectivity index (χ3v) is 7.05. The van der Waals surface area contributed by atoms with Crippen LogP contribution in [0.3, 0.4) is 0 Å². The van der Waals surface area contributed by atoms with Gasteiger partial charge in [-0.2, -0.15) is 0 Å². The molecule has 6 nitrogen and oxygen atoms in total. The summed E-state index contributed by atoms with van der Waals surface area (Å²) in [6.07, 6.45) is 21.2. The molecule has 0 aliphatic carbocycles. The minimum Gasteiger partial charge on any atom is -0.370 e. The molecular weight excluding hydrogens is 516 g/mol. The van der Waals surface area contributed by atoms with Crippen molar-refractivity contribution in [1.29, 1.82) is 0 Å². The van der Waals surface area contributed by atoms with Crippen molar-refractivity contribution < 1.29 is 28.4 Å². The lowest BCUT2D eigenvalue weighted by molar-refractivity contribution is -0.415. The quantitative estimate of drug-likeness (QED) is 0.0473. The first-order valence-electron chi connectivity index (χ1n) is 17.4. The summed E-state index contributed by atoms with van der Waals surface area (Å²) in [4.78, 5) is 0. The van der Waals surface area contributed by atoms with E-state index in [-0.39, 0.29) is 6.10 Å². The summed E-state index contributed by atoms with van der Waals surface area (Å²) >= 11 is 0. The normalized spacial score (nSPS) is 12.7. The van der Waals surface area contributed by atoms with E-state index in [4.69, 9.17) is 28.4 Å². The van der Waals surface area contributed by atoms with Crippen LogP contribution in [0, 0.1) is 0 Å². The lowest BCUT2D eigenvalue weighted by Crippen LogP contribution is -2.51. The maximum atomic E-state index is 5.92. The molecule has 0 bridgehead atoms. The second-order valence-corrected chi connectivity index (χ2v) is 10.5. The zero-order valence-electron chi connectivity index (χ0n) is 28.9. The summed E-state index contributed by atoms with van der Waals surface area (Å²) < 4.78 is 35.2. The topological polar surface area (TPSA) is 55.4 Å². The van der Waals surface area contributed by atoms with E-state index in [1.54, 1.807) is 0 Å². The fourth-order valence-electron chi connectivity index (χ4n) is 5.18. The van der Waals surface area contributed by atoms with Crippen LogP contribution in [0.25, 0.3) is 0 Å². The first kappa shape index (κ1) is 42.6. The molecule has 0 aromatic heterocycles. The van der Waals surface area contributed by atoms with Crippen LogP contribution in [0.4, 0.5) is 0 Å². The molecule has 0 rings (SSSR count). The largest absolute Gasteiger partial charge is 0.370 e. The SMILES string of the molecule is C=CCC(CCCCCCCCC)(OCC)OCC.CCCCCCCCC(OCC)C(OCC)(OCC)OCC. The molecule has 248 valence electrons. The molecule has 0 heterocycles. The molecule has 0 saturated carbocycles. The number of unbranched alkanes of at least 4 members (excludes halogenated alkanes) is 11. The van der Waals surface area contributed by atoms with Crippen LogP contribution in [-0.4, -0.2) is 57.5 Å². The molecule has 0 spiro atoms. The Morgan fingerprint density at radius 3 is 1.32 bits per heavy atom. The number of ether oxygens (including phenoxy) is 6. The highest BCUT2D eigenvalue weighted by molar-refractivity contribution is 4.81. The summed E-state index contributed by atoms with van der Waals surface area (Å²) in [5.74, 6) is -1.48. The minimum absolute atomic E-state index is 0.177. The average molecular weight is 589 g/mol. The Balaban J connectivity index is 0. The van der Waals surface area contributed by atoms with E-state index < -0.39 is 11.8 Å². The average Bonchev–Trinajstić information content (AvgIpc) is 2.95. The van der Waals surface area contributed by atoms with Crippen molar-refractivity contribution in [3.63, 3.8) is 0 Å². The van der Waals surface area contributed by atoms with Crippen molar-refractivity contribution in [2.24, 2.45) is 0 Å². The second-order valence-electron chi connectivity index (χ2n) is 10.5. The monoisotopic (exact) mass is 589 g/mol. The minimum atomic E-state index is -1.06. The standard InChI is InChI=1S/C18H38O4.C17H34O2/c1-6-11-12-13-14-15-16-17(19-7-2)18(20-8-3,21-9-4)22-10-5;1-5-9-10-11-12-13-14-16-17(15-6-2,18-7-3)19-8-4/h17H,6-16H2,1-5H3;6H,2,5,7-16H2,1,3-4H3. The van der Waals surface area contributed by atoms with E-state index >= 15 is 0 Å². The van der Waals surface area contributed by atoms with Crippen molar-refractivity contribution in [3.8, 4) is 0 Å². The molecular formula is C35H72O6. The van der Waals surface area contributed by atoms with Crippen LogP contribution in [0.5, 0.6) is 0 Å². The van der Waals surface area contributed by atoms with Gasteiger partial charge >= 0.3 is 5.97 Å². The van der Waals surface area contributed by atoms with Gasteiger partial charge in [-0.1, -0.05) is 97.0 Å². The predicted molar refractivity (Wildman–Crippen MR) is 174 cm³/mol. The van der Waals surface area contributed by atoms with Gasteiger partial charge < -0.3 is 28.4 Å². The van der Waals surface area contributed by atoms with Gasteiger partial charge in [0.1, 0.15) is 6.10 Å². The summed E-state index contributed by atoms with van der Waals surface area (Å²) in [5.41, 5.74) is 0. The van der Waals surface area contributed by atoms with Crippen LogP contribution >= 0.6 is 0 Å². The first-order valence-corrected chi connectivity index (χ1v) is 17.4. The Morgan fingerprint density at radius 2 is 0.927 bits per heavy atom. The van der Waals surface area contributed by atoms with Gasteiger partial charge in [0.25, 0.3) is 0 Å². The van der Waals surface area contributed by atoms with Crippen molar-refractivity contribution in [2.75, 3.05) is 39.6 Å². The van der Waals surface area contributed by atoms with Gasteiger partial charge in [-0.15, -0.1) is 6.58 Å². The van der Waals surface area contributed by atoms with E-state index in [2.05, 4.69) is 20.4 Å². The molecule has 0 saturated heterocycles. The van der Waals surface area contributed by atoms with Crippen LogP contribution < -0.4 is 0 Å². The molecule has 1 atom stereocenters. The maximum absolute atomic E-state index is 5.92. The molecule has 6 heteroatoms. The molecule has 0 N–H and O–H groups in total. The summed E-state index contributed by atoms with van der Waals surface area (Å²) in [5, 5.41) is 0. The van der Waals surface area contributed by atoms with Gasteiger partial charge in [0.05, 0.1) is 0 Å². The fourth-order valence-corrected chi connectivity index (χ4v) is 5.18. The summed E-state index contributed by atoms with van der Waals surface area (Å²) in [6, 6.07) is 0. The number of hydrogen-bond acceptors (Lipinski definition) is 6. The van der Waals surface area contributed by atoms with E-state index in [1.807, 2.05) is 47.6 Å². The third-order valence-electron chi connectivity index (χ3n) is 7.05. The van der Waals surface area contributed by atoms with Crippen molar-refractivity contribution in [1.82, 2.24) is 0 Å². The smallest absolute Gasteiger partial charge is 0.310 e. The lowest BCUT2D eigenvalue weighted by atomic mass is 10.0. The van der Waals surface area contributed by atoms with Crippen LogP contribution in [-0.2, 0) is 28.4 Å². The Kier molecular flexibility index (Phi) is 32.2. The third kappa shape index (κ3) is 21.8. The van der Waals surface area contributed by atoms with Crippen LogP contribution in [0.2, 0.25) is 0 Å². The van der Waals surface area contributed by atoms with Gasteiger partial charge in [0, 0.05) is 52.5 Å². The Morgan fingerprint density at radius 1 is 0.512 bits per heavy atom. The molecule has 41 heavy (non-hydrogen) atoms. The molecule has 0 radical (unpaired) electrons. The Bertz CT molecular complexity index is 504. The van der Waals surface area contributed by atoms with E-state index in [1.165, 1.54) is 77.0 Å². The van der Waals surface area contributed by atoms with Gasteiger partial charge in [0.2, 0.25) is 0 Å². The highest BCUT2D eigenvalue weighted by Crippen LogP contribution is 2.28. The van der Waals surface area contributed by atoms with E-state index in [0.29, 0.717) is 39.6 Å². The second kappa shape index (κ2) is 30.9. The molecule has 0 aliphatic heterocycles. The molecule has 0 aromatic carbocycles. The van der Waals surface area contributed by atoms with Crippen LogP contribution in [0.1, 0.15) is 158 Å². The lowest BCUT2D eigenvalue weighted by Gasteiger charge is -2.38. The van der Waals surface area contributed by atoms with Crippen molar-refractivity contribution in [3.05, 3.63) is 12.7 Å². The number of hydrogen-bond donors (Lipinski definition) is 0. The molecule has 1 unspecified atom stereocenters. The zero-order valence-corrected chi connectivity index (χ0v) is 28.9. The maximum Gasteiger partial charge on any atom is 0.310 e. The van der Waals surface area contributed by atoms with Crippen LogP contribution in [0.15, 0.2) is 12.7 Å². The molecule has 0 fully saturated rings. The Labute approximate surface area is 256 Å². The summed E-state index contributed by atoms with van der Waals surface area (Å²) in [6.45, 7) is 23.9. The molecule has 0 aromatic rings. The van der Waals surface area contributed by atoms with Crippen molar-refractivity contribution in [2.45, 2.75) is 176 Å². The Hall–Kier alpha value is -0.500. The first-order chi connectivity index (χ1) is 19.9. The van der Waals surface area contributed by atoms with Gasteiger partial charge in [-0.25, -0.2) is 0 Å². The number of rotatable bonds is 30. The van der Waals surface area contributed by atoms with Crippen molar-refractivity contribution >= 4 is 0 Å². The predicted octanol–water partition coefficient (Wildman–Crippen LogP) is 10.4. The highest BCUT2D eigenvalue weighted by atomic mass is 16.9. The van der Waals surface area contributed by atoms with Gasteiger partial charge in [0.15, 0.2) is 5.79 Å². The van der Waals surface area contributed by atoms with E-state index in [0.717, 1.165) is 25.7 Å². The summed E-state index contributed by atoms with van der Waals surface area (Å²) in [7, 11) is 0. The fraction of sp³-hybridized carbons (Fsp3) is 0.943. The van der Waals surface area contributed by atoms with Gasteiger partial charge in [-0.3, -0.25) is 0 Å². The van der Waals surface area contributed by atoms with Gasteiger partial charge in [-0.05, 0) is 54.4 Å².